The third-order valence-electron chi connectivity index (χ3n) is 6.46. The number of hydrogen-bond donors (Lipinski definition) is 1. The van der Waals surface area contributed by atoms with Crippen molar-refractivity contribution in [1.82, 2.24) is 0 Å². The number of halogens is 1. The summed E-state index contributed by atoms with van der Waals surface area (Å²) in [4.78, 5) is 0. The van der Waals surface area contributed by atoms with Crippen LogP contribution in [0.1, 0.15) is 90.7 Å². The number of benzene rings is 1. The van der Waals surface area contributed by atoms with Crippen molar-refractivity contribution in [2.24, 2.45) is 10.6 Å². The second kappa shape index (κ2) is 12.9. The minimum atomic E-state index is -1.18. The van der Waals surface area contributed by atoms with E-state index in [9.17, 15) is 8.60 Å². The van der Waals surface area contributed by atoms with E-state index in [-0.39, 0.29) is 11.4 Å². The molecule has 2 aliphatic carbocycles. The second-order valence-electron chi connectivity index (χ2n) is 9.36. The summed E-state index contributed by atoms with van der Waals surface area (Å²) in [6.07, 6.45) is 6.95. The van der Waals surface area contributed by atoms with Gasteiger partial charge in [-0.1, -0.05) is 26.8 Å². The van der Waals surface area contributed by atoms with Gasteiger partial charge in [0.2, 0.25) is 0 Å². The molecule has 180 valence electrons. The third-order valence-corrected chi connectivity index (χ3v) is 7.66. The minimum absolute atomic E-state index is 0.250. The molecule has 0 saturated heterocycles. The number of alkyl halides is 1. The van der Waals surface area contributed by atoms with Gasteiger partial charge in [0.05, 0.1) is 35.1 Å². The molecular weight excluding hydrogens is 413 g/mol. The lowest BCUT2D eigenvalue weighted by atomic mass is 9.66. The van der Waals surface area contributed by atoms with Crippen LogP contribution in [0.5, 0.6) is 5.75 Å². The van der Waals surface area contributed by atoms with Crippen molar-refractivity contribution in [3.63, 3.8) is 0 Å². The van der Waals surface area contributed by atoms with Gasteiger partial charge in [0.1, 0.15) is 5.75 Å². The highest BCUT2D eigenvalue weighted by Gasteiger charge is 2.45. The van der Waals surface area contributed by atoms with Gasteiger partial charge in [-0.2, -0.15) is 0 Å². The molecule has 31 heavy (non-hydrogen) atoms. The van der Waals surface area contributed by atoms with E-state index in [1.165, 1.54) is 43.2 Å². The molecule has 0 aromatic heterocycles. The smallest absolute Gasteiger partial charge is 0.119 e. The number of ether oxygens (including phenoxy) is 2. The van der Waals surface area contributed by atoms with Gasteiger partial charge in [-0.3, -0.25) is 9.53 Å². The van der Waals surface area contributed by atoms with Gasteiger partial charge in [-0.05, 0) is 87.5 Å². The van der Waals surface area contributed by atoms with Gasteiger partial charge in [-0.15, -0.1) is 0 Å². The molecule has 2 aliphatic rings. The average molecular weight is 458 g/mol. The Morgan fingerprint density at radius 3 is 2.29 bits per heavy atom. The van der Waals surface area contributed by atoms with Gasteiger partial charge in [-0.25, -0.2) is 4.21 Å². The first-order chi connectivity index (χ1) is 14.6. The molecule has 1 aromatic rings. The highest BCUT2D eigenvalue weighted by molar-refractivity contribution is 7.84. The van der Waals surface area contributed by atoms with Crippen molar-refractivity contribution < 1.29 is 18.1 Å². The quantitative estimate of drug-likeness (QED) is 0.544. The molecule has 2 atom stereocenters. The molecule has 0 radical (unpaired) electrons. The lowest BCUT2D eigenvalue weighted by molar-refractivity contribution is 0.0221. The van der Waals surface area contributed by atoms with Crippen LogP contribution in [0.15, 0.2) is 18.2 Å². The summed E-state index contributed by atoms with van der Waals surface area (Å²) in [5, 5.41) is 5.04. The Bertz CT molecular complexity index is 682. The monoisotopic (exact) mass is 457 g/mol. The Morgan fingerprint density at radius 1 is 1.23 bits per heavy atom. The largest absolute Gasteiger partial charge is 0.493 e. The molecule has 2 N–H and O–H groups in total. The number of rotatable bonds is 5. The highest BCUT2D eigenvalue weighted by atomic mass is 32.2. The fourth-order valence-corrected chi connectivity index (χ4v) is 4.35. The van der Waals surface area contributed by atoms with Crippen LogP contribution in [0.2, 0.25) is 0 Å². The van der Waals surface area contributed by atoms with Crippen LogP contribution in [0.4, 0.5) is 4.39 Å². The van der Waals surface area contributed by atoms with Gasteiger partial charge < -0.3 is 9.47 Å². The Kier molecular flexibility index (Phi) is 11.7. The van der Waals surface area contributed by atoms with Crippen LogP contribution < -0.4 is 9.88 Å². The predicted molar refractivity (Wildman–Crippen MR) is 130 cm³/mol. The molecular formula is C25H44FNO3S. The summed E-state index contributed by atoms with van der Waals surface area (Å²) in [5.74, 6) is 1.46. The third kappa shape index (κ3) is 7.83. The molecule has 0 bridgehead atoms. The molecule has 4 nitrogen and oxygen atoms in total. The normalized spacial score (nSPS) is 25.6. The van der Waals surface area contributed by atoms with Crippen LogP contribution >= 0.6 is 0 Å². The topological polar surface area (TPSA) is 61.6 Å². The lowest BCUT2D eigenvalue weighted by Gasteiger charge is -2.40. The van der Waals surface area contributed by atoms with Crippen molar-refractivity contribution in [3.05, 3.63) is 29.3 Å². The van der Waals surface area contributed by atoms with Crippen LogP contribution in [-0.2, 0) is 22.1 Å². The Balaban J connectivity index is 0.000000457. The summed E-state index contributed by atoms with van der Waals surface area (Å²) in [5.41, 5.74) is 3.32. The van der Waals surface area contributed by atoms with E-state index in [2.05, 4.69) is 19.1 Å². The maximum absolute atomic E-state index is 12.2. The molecule has 1 fully saturated rings. The summed E-state index contributed by atoms with van der Waals surface area (Å²) in [7, 11) is 0.647. The van der Waals surface area contributed by atoms with E-state index in [0.717, 1.165) is 5.75 Å². The molecule has 1 aromatic carbocycles. The van der Waals surface area contributed by atoms with Crippen LogP contribution in [0.3, 0.4) is 0 Å². The van der Waals surface area contributed by atoms with E-state index in [0.29, 0.717) is 30.5 Å². The molecule has 1 spiro atoms. The number of hydrogen-bond acceptors (Lipinski definition) is 3. The summed E-state index contributed by atoms with van der Waals surface area (Å²) >= 11 is 0. The van der Waals surface area contributed by atoms with Crippen LogP contribution in [-0.4, -0.2) is 35.5 Å². The van der Waals surface area contributed by atoms with Crippen molar-refractivity contribution in [3.8, 4) is 5.75 Å². The summed E-state index contributed by atoms with van der Waals surface area (Å²) < 4.78 is 33.5. The first kappa shape index (κ1) is 28.1. The van der Waals surface area contributed by atoms with Gasteiger partial charge in [0.25, 0.3) is 0 Å². The van der Waals surface area contributed by atoms with Crippen molar-refractivity contribution in [2.75, 3.05) is 20.4 Å². The Morgan fingerprint density at radius 2 is 1.81 bits per heavy atom. The summed E-state index contributed by atoms with van der Waals surface area (Å²) in [6.45, 7) is 12.0. The van der Waals surface area contributed by atoms with Gasteiger partial charge >= 0.3 is 0 Å². The van der Waals surface area contributed by atoms with Gasteiger partial charge in [0, 0.05) is 13.5 Å². The number of nitrogens with two attached hydrogens (primary N) is 1. The molecule has 6 heteroatoms. The minimum Gasteiger partial charge on any atom is -0.493 e. The standard InChI is InChI=1S/C19H27FO2.C4H11NOS.C2H6/c1-14-18-12-17(22-11-3-10-20)5-4-15(18)13-19(14)8-6-16(21-2)7-9-19;1-4(2,3)7(5)6;1-2/h4-5,12,14,16H,3,6-11,13H2,1-2H3;5H2,1-3H3;1-2H3. The van der Waals surface area contributed by atoms with Crippen molar-refractivity contribution in [2.45, 2.75) is 96.8 Å². The number of methoxy groups -OCH3 is 1. The van der Waals surface area contributed by atoms with Crippen molar-refractivity contribution >= 4 is 11.0 Å². The van der Waals surface area contributed by atoms with E-state index in [1.807, 2.05) is 47.8 Å². The maximum Gasteiger partial charge on any atom is 0.119 e. The number of fused-ring (bicyclic) bond motifs is 1. The molecule has 0 aliphatic heterocycles. The summed E-state index contributed by atoms with van der Waals surface area (Å²) in [6, 6.07) is 6.45. The second-order valence-corrected chi connectivity index (χ2v) is 11.2. The first-order valence-corrected chi connectivity index (χ1v) is 12.8. The molecule has 2 unspecified atom stereocenters. The van der Waals surface area contributed by atoms with Crippen LogP contribution in [0.25, 0.3) is 0 Å². The SMILES string of the molecule is CC.CC(C)(C)S(N)=O.COC1CCC2(CC1)Cc1ccc(OCCCF)cc1C2C. The molecule has 3 rings (SSSR count). The van der Waals surface area contributed by atoms with Gasteiger partial charge in [0.15, 0.2) is 0 Å². The Hall–Kier alpha value is -0.980. The van der Waals surface area contributed by atoms with E-state index >= 15 is 0 Å². The lowest BCUT2D eigenvalue weighted by Crippen LogP contribution is -2.33. The Labute approximate surface area is 192 Å². The van der Waals surface area contributed by atoms with E-state index < -0.39 is 11.0 Å². The van der Waals surface area contributed by atoms with Crippen molar-refractivity contribution in [1.29, 1.82) is 0 Å². The zero-order chi connectivity index (χ0) is 23.7. The van der Waals surface area contributed by atoms with Crippen LogP contribution in [0, 0.1) is 5.41 Å². The fourth-order valence-electron chi connectivity index (χ4n) is 4.35. The maximum atomic E-state index is 12.2. The zero-order valence-corrected chi connectivity index (χ0v) is 21.4. The molecule has 1 saturated carbocycles. The predicted octanol–water partition coefficient (Wildman–Crippen LogP) is 6.09. The first-order valence-electron chi connectivity index (χ1n) is 11.6. The molecule has 0 amide bonds. The van der Waals surface area contributed by atoms with E-state index in [1.54, 1.807) is 0 Å². The highest BCUT2D eigenvalue weighted by Crippen LogP contribution is 2.55. The fraction of sp³-hybridized carbons (Fsp3) is 0.760. The average Bonchev–Trinajstić information content (AvgIpc) is 3.01. The molecule has 0 heterocycles. The van der Waals surface area contributed by atoms with E-state index in [4.69, 9.17) is 14.6 Å². The zero-order valence-electron chi connectivity index (χ0n) is 20.6.